The molecular formula is C58H98N2Ni. The van der Waals surface area contributed by atoms with Gasteiger partial charge in [-0.3, -0.25) is 0 Å². The van der Waals surface area contributed by atoms with Gasteiger partial charge in [-0.2, -0.15) is 0 Å². The zero-order valence-corrected chi connectivity index (χ0v) is 42.9. The third-order valence-electron chi connectivity index (χ3n) is 13.1. The Balaban J connectivity index is 0.00000414. The molecule has 350 valence electrons. The molecule has 0 fully saturated rings. The van der Waals surface area contributed by atoms with Gasteiger partial charge in [0.05, 0.1) is 0 Å². The van der Waals surface area contributed by atoms with E-state index < -0.39 is 0 Å². The quantitative estimate of drug-likeness (QED) is 0.0374. The number of aryl methyl sites for hydroxylation is 4. The molecule has 0 radical (unpaired) electrons. The Morgan fingerprint density at radius 2 is 0.672 bits per heavy atom. The molecular weight excluding hydrogens is 783 g/mol. The van der Waals surface area contributed by atoms with Gasteiger partial charge < -0.3 is 5.53 Å². The fourth-order valence-corrected chi connectivity index (χ4v) is 9.46. The minimum absolute atomic E-state index is 1.00. The van der Waals surface area contributed by atoms with Crippen LogP contribution in [0.3, 0.4) is 0 Å². The summed E-state index contributed by atoms with van der Waals surface area (Å²) in [6, 6.07) is 10.1. The number of allylic oxidation sites excluding steroid dienone is 2. The van der Waals surface area contributed by atoms with Crippen molar-refractivity contribution in [1.29, 1.82) is 0 Å². The van der Waals surface area contributed by atoms with Gasteiger partial charge in [0, 0.05) is 22.8 Å². The summed E-state index contributed by atoms with van der Waals surface area (Å²) in [4.78, 5) is 0. The van der Waals surface area contributed by atoms with Crippen molar-refractivity contribution >= 4 is 11.4 Å². The van der Waals surface area contributed by atoms with Crippen LogP contribution in [-0.4, -0.2) is 4.70 Å². The molecule has 0 N–H and O–H groups in total. The first-order valence-corrected chi connectivity index (χ1v) is 28.3. The van der Waals surface area contributed by atoms with Crippen LogP contribution in [0.1, 0.15) is 266 Å². The maximum atomic E-state index is 12.6. The van der Waals surface area contributed by atoms with Gasteiger partial charge in [0.25, 0.3) is 0 Å². The summed E-state index contributed by atoms with van der Waals surface area (Å²) in [5, 5.41) is 0. The average molecular weight is 882 g/mol. The molecule has 61 heavy (non-hydrogen) atoms. The number of nitrogens with zero attached hydrogens (tertiary/aromatic N) is 2. The molecule has 3 heteroatoms. The molecule has 0 saturated heterocycles. The third-order valence-corrected chi connectivity index (χ3v) is 13.1. The molecule has 0 atom stereocenters. The van der Waals surface area contributed by atoms with Gasteiger partial charge in [-0.05, 0) is 148 Å². The van der Waals surface area contributed by atoms with Gasteiger partial charge in [0.1, 0.15) is 0 Å². The Kier molecular flexibility index (Phi) is 32.0. The van der Waals surface area contributed by atoms with Crippen LogP contribution >= 0.6 is 0 Å². The van der Waals surface area contributed by atoms with E-state index in [1.807, 2.05) is 0 Å². The van der Waals surface area contributed by atoms with Crippen molar-refractivity contribution in [3.63, 3.8) is 0 Å². The maximum absolute atomic E-state index is 12.6. The van der Waals surface area contributed by atoms with Crippen LogP contribution < -0.4 is 0 Å². The van der Waals surface area contributed by atoms with Gasteiger partial charge >= 0.3 is 26.2 Å². The molecule has 2 aromatic rings. The van der Waals surface area contributed by atoms with Gasteiger partial charge in [-0.15, -0.1) is 0 Å². The first-order chi connectivity index (χ1) is 29.9. The predicted octanol–water partition coefficient (Wildman–Crippen LogP) is 19.6. The van der Waals surface area contributed by atoms with E-state index in [2.05, 4.69) is 90.6 Å². The van der Waals surface area contributed by atoms with E-state index in [4.69, 9.17) is 0 Å². The number of hydrogen-bond donors (Lipinski definition) is 0. The summed E-state index contributed by atoms with van der Waals surface area (Å²) in [5.74, 6) is 4.12. The second-order valence-corrected chi connectivity index (χ2v) is 19.5. The molecule has 0 unspecified atom stereocenters. The summed E-state index contributed by atoms with van der Waals surface area (Å²) in [7, 11) is 0. The van der Waals surface area contributed by atoms with Crippen molar-refractivity contribution in [2.24, 2.45) is 0 Å². The SMILES string of the molecule is CCCCCCc1cc(C2=CC(CCCC)=C(c3cc(CCCCCC)c(CCCCCC)c(CCCCCC)c3)[N+]2=[N-])cc(CCCCCC)c1CCCCCC.[CH3][Ni][CH3]. The minimum atomic E-state index is 1.00. The molecule has 0 aliphatic carbocycles. The first kappa shape index (κ1) is 55.1. The molecule has 1 heterocycles. The number of unbranched alkanes of at least 4 members (excludes halogenated alkanes) is 19. The third kappa shape index (κ3) is 20.6. The average Bonchev–Trinajstić information content (AvgIpc) is 3.59. The van der Waals surface area contributed by atoms with E-state index in [0.717, 1.165) is 56.3 Å². The first-order valence-electron chi connectivity index (χ1n) is 26.3. The summed E-state index contributed by atoms with van der Waals surface area (Å²) in [6.45, 7) is 16.3. The van der Waals surface area contributed by atoms with E-state index in [-0.39, 0.29) is 0 Å². The van der Waals surface area contributed by atoms with E-state index in [1.165, 1.54) is 184 Å². The summed E-state index contributed by atoms with van der Waals surface area (Å²) in [5.41, 5.74) is 28.0. The van der Waals surface area contributed by atoms with Gasteiger partial charge in [0.2, 0.25) is 11.4 Å². The van der Waals surface area contributed by atoms with Crippen LogP contribution in [0, 0.1) is 0 Å². The Labute approximate surface area is 386 Å². The molecule has 1 aliphatic heterocycles. The number of benzene rings is 2. The zero-order valence-electron chi connectivity index (χ0n) is 41.9. The normalized spacial score (nSPS) is 12.7. The molecule has 0 spiro atoms. The van der Waals surface area contributed by atoms with Crippen molar-refractivity contribution in [2.45, 2.75) is 272 Å². The monoisotopic (exact) mass is 881 g/mol. The van der Waals surface area contributed by atoms with E-state index in [1.54, 1.807) is 52.5 Å². The Hall–Kier alpha value is -1.99. The Morgan fingerprint density at radius 1 is 0.377 bits per heavy atom. The molecule has 3 rings (SSSR count). The Morgan fingerprint density at radius 3 is 0.984 bits per heavy atom. The summed E-state index contributed by atoms with van der Waals surface area (Å²) >= 11 is 1.62. The van der Waals surface area contributed by atoms with Crippen LogP contribution in [0.2, 0.25) is 11.8 Å². The molecule has 0 bridgehead atoms. The van der Waals surface area contributed by atoms with Crippen molar-refractivity contribution in [3.05, 3.63) is 86.0 Å². The van der Waals surface area contributed by atoms with Crippen LogP contribution in [0.4, 0.5) is 0 Å². The number of rotatable bonds is 35. The Bertz CT molecular complexity index is 1460. The van der Waals surface area contributed by atoms with Crippen LogP contribution in [0.25, 0.3) is 16.9 Å². The van der Waals surface area contributed by atoms with Gasteiger partial charge in [-0.25, -0.2) is 4.70 Å². The zero-order chi connectivity index (χ0) is 44.5. The fraction of sp³-hybridized carbons (Fsp3) is 0.724. The van der Waals surface area contributed by atoms with E-state index >= 15 is 0 Å². The summed E-state index contributed by atoms with van der Waals surface area (Å²) in [6.07, 6.45) is 43.8. The van der Waals surface area contributed by atoms with Crippen molar-refractivity contribution in [1.82, 2.24) is 0 Å². The standard InChI is InChI=1S/C56H92N2.2CH3.Ni/c1-8-15-22-28-35-46-41-51(42-47(36-29-23-16-9-2)53(46)39-32-26-19-12-5)55-45-50(34-21-14-7)56(58(55)57)52-43-48(37-30-24-17-10-3)54(40-33-27-20-13-6)49(44-52)38-31-25-18-11-4;;;/h41-45H,8-40H2,1-7H3;2*1H3;. The molecule has 2 nitrogen and oxygen atoms in total. The molecule has 0 saturated carbocycles. The van der Waals surface area contributed by atoms with E-state index in [9.17, 15) is 5.53 Å². The molecule has 1 aliphatic rings. The topological polar surface area (TPSA) is 25.3 Å². The van der Waals surface area contributed by atoms with E-state index in [0.29, 0.717) is 0 Å². The predicted molar refractivity (Wildman–Crippen MR) is 270 cm³/mol. The molecule has 0 aromatic heterocycles. The van der Waals surface area contributed by atoms with Crippen LogP contribution in [0.5, 0.6) is 0 Å². The fourth-order valence-electron chi connectivity index (χ4n) is 9.46. The second kappa shape index (κ2) is 35.4. The van der Waals surface area contributed by atoms with Gasteiger partial charge in [0.15, 0.2) is 0 Å². The summed E-state index contributed by atoms with van der Waals surface area (Å²) < 4.78 is 1.65. The number of hydrogen-bond acceptors (Lipinski definition) is 0. The van der Waals surface area contributed by atoms with Crippen LogP contribution in [0.15, 0.2) is 35.9 Å². The van der Waals surface area contributed by atoms with Crippen molar-refractivity contribution < 1.29 is 19.1 Å². The molecule has 0 amide bonds. The van der Waals surface area contributed by atoms with Crippen molar-refractivity contribution in [3.8, 4) is 0 Å². The second-order valence-electron chi connectivity index (χ2n) is 18.5. The molecule has 2 aromatic carbocycles. The van der Waals surface area contributed by atoms with Crippen molar-refractivity contribution in [2.75, 3.05) is 0 Å². The van der Waals surface area contributed by atoms with Crippen LogP contribution in [-0.2, 0) is 53.0 Å². The van der Waals surface area contributed by atoms with Gasteiger partial charge in [-0.1, -0.05) is 170 Å².